The number of hydrogen-bond donors (Lipinski definition) is 1. The third-order valence-corrected chi connectivity index (χ3v) is 5.36. The highest BCUT2D eigenvalue weighted by Gasteiger charge is 2.38. The van der Waals surface area contributed by atoms with Crippen molar-refractivity contribution in [2.75, 3.05) is 26.2 Å². The SMILES string of the molecule is Cc1cc(C(=O)N2CCC3(CCNC3)CC2)cc(C)c1OC(F)F. The molecule has 132 valence electrons. The van der Waals surface area contributed by atoms with Gasteiger partial charge in [-0.25, -0.2) is 0 Å². The molecule has 0 atom stereocenters. The van der Waals surface area contributed by atoms with E-state index < -0.39 is 6.61 Å². The van der Waals surface area contributed by atoms with Gasteiger partial charge in [0.05, 0.1) is 0 Å². The van der Waals surface area contributed by atoms with Gasteiger partial charge in [0.2, 0.25) is 0 Å². The molecule has 0 bridgehead atoms. The summed E-state index contributed by atoms with van der Waals surface area (Å²) in [4.78, 5) is 14.6. The summed E-state index contributed by atoms with van der Waals surface area (Å²) < 4.78 is 29.5. The topological polar surface area (TPSA) is 41.6 Å². The Balaban J connectivity index is 1.71. The van der Waals surface area contributed by atoms with Crippen LogP contribution in [0.15, 0.2) is 12.1 Å². The lowest BCUT2D eigenvalue weighted by atomic mass is 9.78. The summed E-state index contributed by atoms with van der Waals surface area (Å²) in [5.41, 5.74) is 2.03. The second kappa shape index (κ2) is 6.67. The Morgan fingerprint density at radius 1 is 1.21 bits per heavy atom. The molecule has 1 amide bonds. The van der Waals surface area contributed by atoms with Gasteiger partial charge in [-0.15, -0.1) is 0 Å². The Kier molecular flexibility index (Phi) is 4.76. The van der Waals surface area contributed by atoms with E-state index in [1.165, 1.54) is 6.42 Å². The Morgan fingerprint density at radius 3 is 2.33 bits per heavy atom. The molecule has 0 radical (unpaired) electrons. The van der Waals surface area contributed by atoms with E-state index in [0.29, 0.717) is 22.1 Å². The number of aryl methyl sites for hydroxylation is 2. The van der Waals surface area contributed by atoms with E-state index in [-0.39, 0.29) is 11.7 Å². The summed E-state index contributed by atoms with van der Waals surface area (Å²) in [5, 5.41) is 3.42. The molecule has 2 saturated heterocycles. The molecular formula is C18H24F2N2O2. The molecule has 0 aromatic heterocycles. The number of ether oxygens (including phenoxy) is 1. The fourth-order valence-electron chi connectivity index (χ4n) is 3.94. The Labute approximate surface area is 141 Å². The van der Waals surface area contributed by atoms with Crippen molar-refractivity contribution in [2.24, 2.45) is 5.41 Å². The van der Waals surface area contributed by atoms with Crippen LogP contribution in [-0.2, 0) is 0 Å². The van der Waals surface area contributed by atoms with Crippen molar-refractivity contribution in [1.29, 1.82) is 0 Å². The standard InChI is InChI=1S/C18H24F2N2O2/c1-12-9-14(10-13(2)15(12)24-17(19)20)16(23)22-7-4-18(5-8-22)3-6-21-11-18/h9-10,17,21H,3-8,11H2,1-2H3. The summed E-state index contributed by atoms with van der Waals surface area (Å²) in [5.74, 6) is 0.141. The van der Waals surface area contributed by atoms with Gasteiger partial charge in [0.25, 0.3) is 5.91 Å². The van der Waals surface area contributed by atoms with Crippen molar-refractivity contribution >= 4 is 5.91 Å². The van der Waals surface area contributed by atoms with Gasteiger partial charge in [-0.05, 0) is 68.3 Å². The van der Waals surface area contributed by atoms with Crippen molar-refractivity contribution in [3.05, 3.63) is 28.8 Å². The minimum absolute atomic E-state index is 0.0226. The van der Waals surface area contributed by atoms with Gasteiger partial charge in [0.15, 0.2) is 0 Å². The van der Waals surface area contributed by atoms with Crippen LogP contribution in [0, 0.1) is 19.3 Å². The lowest BCUT2D eigenvalue weighted by Crippen LogP contribution is -2.44. The summed E-state index contributed by atoms with van der Waals surface area (Å²) in [6, 6.07) is 3.29. The zero-order chi connectivity index (χ0) is 17.3. The third kappa shape index (κ3) is 3.38. The van der Waals surface area contributed by atoms with Gasteiger partial charge in [-0.2, -0.15) is 8.78 Å². The molecule has 6 heteroatoms. The molecule has 1 N–H and O–H groups in total. The van der Waals surface area contributed by atoms with Crippen molar-refractivity contribution in [1.82, 2.24) is 10.2 Å². The number of carbonyl (C=O) groups is 1. The molecule has 2 aliphatic heterocycles. The van der Waals surface area contributed by atoms with Crippen molar-refractivity contribution < 1.29 is 18.3 Å². The number of alkyl halides is 2. The van der Waals surface area contributed by atoms with Crippen LogP contribution in [0.3, 0.4) is 0 Å². The van der Waals surface area contributed by atoms with Crippen LogP contribution in [0.4, 0.5) is 8.78 Å². The van der Waals surface area contributed by atoms with Crippen molar-refractivity contribution in [2.45, 2.75) is 39.7 Å². The number of piperidine rings is 1. The van der Waals surface area contributed by atoms with E-state index in [2.05, 4.69) is 10.1 Å². The average molecular weight is 338 g/mol. The maximum absolute atomic E-state index is 12.8. The quantitative estimate of drug-likeness (QED) is 0.921. The number of benzene rings is 1. The normalized spacial score (nSPS) is 20.0. The first-order chi connectivity index (χ1) is 11.4. The van der Waals surface area contributed by atoms with E-state index in [4.69, 9.17) is 0 Å². The first-order valence-electron chi connectivity index (χ1n) is 8.46. The van der Waals surface area contributed by atoms with Crippen LogP contribution in [0.25, 0.3) is 0 Å². The number of nitrogens with zero attached hydrogens (tertiary/aromatic N) is 1. The molecule has 4 nitrogen and oxygen atoms in total. The number of rotatable bonds is 3. The van der Waals surface area contributed by atoms with Gasteiger partial charge in [0.1, 0.15) is 5.75 Å². The predicted molar refractivity (Wildman–Crippen MR) is 87.6 cm³/mol. The zero-order valence-corrected chi connectivity index (χ0v) is 14.2. The second-order valence-corrected chi connectivity index (χ2v) is 7.04. The highest BCUT2D eigenvalue weighted by atomic mass is 19.3. The highest BCUT2D eigenvalue weighted by Crippen LogP contribution is 2.37. The molecule has 0 aliphatic carbocycles. The Bertz CT molecular complexity index is 594. The Hall–Kier alpha value is -1.69. The smallest absolute Gasteiger partial charge is 0.387 e. The monoisotopic (exact) mass is 338 g/mol. The van der Waals surface area contributed by atoms with Crippen LogP contribution < -0.4 is 10.1 Å². The lowest BCUT2D eigenvalue weighted by molar-refractivity contribution is -0.0507. The highest BCUT2D eigenvalue weighted by molar-refractivity contribution is 5.95. The van der Waals surface area contributed by atoms with Crippen LogP contribution in [0.2, 0.25) is 0 Å². The molecule has 1 aromatic carbocycles. The molecule has 3 rings (SSSR count). The lowest BCUT2D eigenvalue weighted by Gasteiger charge is -2.39. The average Bonchev–Trinajstić information content (AvgIpc) is 2.99. The summed E-state index contributed by atoms with van der Waals surface area (Å²) in [6.45, 7) is 4.16. The minimum Gasteiger partial charge on any atom is -0.434 e. The largest absolute Gasteiger partial charge is 0.434 e. The van der Waals surface area contributed by atoms with Gasteiger partial charge < -0.3 is 15.0 Å². The predicted octanol–water partition coefficient (Wildman–Crippen LogP) is 3.12. The third-order valence-electron chi connectivity index (χ3n) is 5.36. The van der Waals surface area contributed by atoms with E-state index in [9.17, 15) is 13.6 Å². The van der Waals surface area contributed by atoms with Crippen LogP contribution in [-0.4, -0.2) is 43.6 Å². The number of nitrogens with one attached hydrogen (secondary N) is 1. The number of halogens is 2. The minimum atomic E-state index is -2.86. The molecule has 0 unspecified atom stereocenters. The first kappa shape index (κ1) is 17.1. The molecule has 24 heavy (non-hydrogen) atoms. The number of hydrogen-bond acceptors (Lipinski definition) is 3. The van der Waals surface area contributed by atoms with E-state index >= 15 is 0 Å². The van der Waals surface area contributed by atoms with Gasteiger partial charge in [-0.3, -0.25) is 4.79 Å². The Morgan fingerprint density at radius 2 is 1.83 bits per heavy atom. The number of likely N-dealkylation sites (tertiary alicyclic amines) is 1. The second-order valence-electron chi connectivity index (χ2n) is 7.04. The first-order valence-corrected chi connectivity index (χ1v) is 8.46. The van der Waals surface area contributed by atoms with Crippen molar-refractivity contribution in [3.8, 4) is 5.75 Å². The number of amides is 1. The van der Waals surface area contributed by atoms with E-state index in [1.807, 2.05) is 4.90 Å². The molecule has 1 spiro atoms. The van der Waals surface area contributed by atoms with Crippen molar-refractivity contribution in [3.63, 3.8) is 0 Å². The van der Waals surface area contributed by atoms with Gasteiger partial charge >= 0.3 is 6.61 Å². The zero-order valence-electron chi connectivity index (χ0n) is 14.2. The molecule has 0 saturated carbocycles. The van der Waals surface area contributed by atoms with Crippen LogP contribution in [0.1, 0.15) is 40.7 Å². The molecule has 2 aliphatic rings. The van der Waals surface area contributed by atoms with Gasteiger partial charge in [-0.1, -0.05) is 0 Å². The number of carbonyl (C=O) groups excluding carboxylic acids is 1. The summed E-state index contributed by atoms with van der Waals surface area (Å²) in [6.07, 6.45) is 3.24. The maximum Gasteiger partial charge on any atom is 0.387 e. The molecular weight excluding hydrogens is 314 g/mol. The fraction of sp³-hybridized carbons (Fsp3) is 0.611. The van der Waals surface area contributed by atoms with E-state index in [1.54, 1.807) is 26.0 Å². The van der Waals surface area contributed by atoms with Crippen LogP contribution in [0.5, 0.6) is 5.75 Å². The van der Waals surface area contributed by atoms with Crippen LogP contribution >= 0.6 is 0 Å². The van der Waals surface area contributed by atoms with Gasteiger partial charge in [0, 0.05) is 25.2 Å². The summed E-state index contributed by atoms with van der Waals surface area (Å²) >= 11 is 0. The molecule has 2 fully saturated rings. The maximum atomic E-state index is 12.8. The fourth-order valence-corrected chi connectivity index (χ4v) is 3.94. The summed E-state index contributed by atoms with van der Waals surface area (Å²) in [7, 11) is 0. The molecule has 1 aromatic rings. The molecule has 2 heterocycles. The van der Waals surface area contributed by atoms with E-state index in [0.717, 1.165) is 39.0 Å².